The molecule has 3 aromatic rings. The monoisotopic (exact) mass is 386 g/mol. The van der Waals surface area contributed by atoms with Gasteiger partial charge in [0, 0.05) is 23.6 Å². The van der Waals surface area contributed by atoms with E-state index in [0.717, 1.165) is 40.3 Å². The third-order valence-electron chi connectivity index (χ3n) is 5.96. The highest BCUT2D eigenvalue weighted by molar-refractivity contribution is 6.01. The molecule has 0 saturated heterocycles. The molecule has 0 unspecified atom stereocenters. The van der Waals surface area contributed by atoms with Gasteiger partial charge in [-0.3, -0.25) is 4.79 Å². The van der Waals surface area contributed by atoms with E-state index in [-0.39, 0.29) is 17.6 Å². The molecule has 0 spiro atoms. The summed E-state index contributed by atoms with van der Waals surface area (Å²) in [6.07, 6.45) is 1.27. The van der Waals surface area contributed by atoms with E-state index >= 15 is 0 Å². The Morgan fingerprint density at radius 2 is 1.86 bits per heavy atom. The van der Waals surface area contributed by atoms with E-state index in [9.17, 15) is 4.79 Å². The first-order chi connectivity index (χ1) is 14.2. The molecule has 1 aliphatic carbocycles. The van der Waals surface area contributed by atoms with Crippen molar-refractivity contribution in [3.05, 3.63) is 88.3 Å². The van der Waals surface area contributed by atoms with Gasteiger partial charge >= 0.3 is 0 Å². The average molecular weight is 386 g/mol. The Balaban J connectivity index is 1.63. The van der Waals surface area contributed by atoms with Crippen LogP contribution in [0.3, 0.4) is 0 Å². The molecule has 0 radical (unpaired) electrons. The number of allylic oxidation sites excluding steroid dienone is 2. The summed E-state index contributed by atoms with van der Waals surface area (Å²) in [4.78, 5) is 13.4. The van der Waals surface area contributed by atoms with Gasteiger partial charge in [-0.1, -0.05) is 47.6 Å². The van der Waals surface area contributed by atoms with Crippen LogP contribution >= 0.6 is 0 Å². The quantitative estimate of drug-likeness (QED) is 0.690. The van der Waals surface area contributed by atoms with E-state index in [1.807, 2.05) is 49.4 Å². The smallest absolute Gasteiger partial charge is 0.233 e. The lowest BCUT2D eigenvalue weighted by Crippen LogP contribution is -2.29. The topological polar surface area (TPSA) is 64.4 Å². The van der Waals surface area contributed by atoms with Gasteiger partial charge in [0.1, 0.15) is 5.75 Å². The summed E-state index contributed by atoms with van der Waals surface area (Å²) in [6.45, 7) is 1.92. The number of hydrogen-bond donors (Lipinski definition) is 1. The Labute approximate surface area is 169 Å². The summed E-state index contributed by atoms with van der Waals surface area (Å²) in [7, 11) is 1.65. The molecule has 5 nitrogen and oxygen atoms in total. The Kier molecular flexibility index (Phi) is 4.23. The molecule has 0 saturated carbocycles. The maximum atomic E-state index is 13.4. The van der Waals surface area contributed by atoms with Gasteiger partial charge in [0.25, 0.3) is 0 Å². The van der Waals surface area contributed by atoms with Crippen LogP contribution in [0.1, 0.15) is 47.1 Å². The van der Waals surface area contributed by atoms with Crippen molar-refractivity contribution in [2.75, 3.05) is 12.4 Å². The van der Waals surface area contributed by atoms with Gasteiger partial charge in [0.05, 0.1) is 18.4 Å². The van der Waals surface area contributed by atoms with Gasteiger partial charge in [-0.05, 0) is 42.5 Å². The largest absolute Gasteiger partial charge is 0.497 e. The van der Waals surface area contributed by atoms with Gasteiger partial charge in [-0.15, -0.1) is 0 Å². The first-order valence-corrected chi connectivity index (χ1v) is 9.84. The number of carbonyl (C=O) groups is 1. The van der Waals surface area contributed by atoms with E-state index in [0.29, 0.717) is 12.3 Å². The number of nitrogens with zero attached hydrogens (tertiary/aromatic N) is 1. The summed E-state index contributed by atoms with van der Waals surface area (Å²) in [5.74, 6) is 1.53. The molecule has 2 atom stereocenters. The highest BCUT2D eigenvalue weighted by Crippen LogP contribution is 2.49. The first-order valence-electron chi connectivity index (χ1n) is 9.84. The zero-order valence-corrected chi connectivity index (χ0v) is 16.4. The Morgan fingerprint density at radius 1 is 1.07 bits per heavy atom. The average Bonchev–Trinajstić information content (AvgIpc) is 3.13. The molecule has 1 aromatic heterocycles. The van der Waals surface area contributed by atoms with Gasteiger partial charge in [0.15, 0.2) is 5.78 Å². The second-order valence-corrected chi connectivity index (χ2v) is 7.68. The van der Waals surface area contributed by atoms with Crippen molar-refractivity contribution in [3.63, 3.8) is 0 Å². The number of carbonyl (C=O) groups excluding carboxylic acids is 1. The molecule has 1 aliphatic heterocycles. The SMILES string of the molecule is COc1cccc([C@H]2C3=C(C[C@@H](c4ccccc4)CC3=O)Nc3onc(C)c32)c1. The van der Waals surface area contributed by atoms with Crippen molar-refractivity contribution in [2.45, 2.75) is 31.6 Å². The van der Waals surface area contributed by atoms with Crippen LogP contribution in [-0.2, 0) is 4.79 Å². The number of aromatic nitrogens is 1. The number of ether oxygens (including phenoxy) is 1. The van der Waals surface area contributed by atoms with E-state index in [4.69, 9.17) is 9.26 Å². The number of rotatable bonds is 3. The Hall–Kier alpha value is -3.34. The number of Topliss-reactive ketones (excluding diaryl/α,β-unsaturated/α-hetero) is 1. The lowest BCUT2D eigenvalue weighted by atomic mass is 9.72. The molecule has 2 aliphatic rings. The predicted molar refractivity (Wildman–Crippen MR) is 110 cm³/mol. The van der Waals surface area contributed by atoms with Crippen LogP contribution < -0.4 is 10.1 Å². The molecule has 5 rings (SSSR count). The molecular formula is C24H22N2O3. The molecule has 0 amide bonds. The zero-order chi connectivity index (χ0) is 20.0. The number of anilines is 1. The fraction of sp³-hybridized carbons (Fsp3) is 0.250. The molecule has 146 valence electrons. The lowest BCUT2D eigenvalue weighted by molar-refractivity contribution is -0.116. The normalized spacial score (nSPS) is 20.7. The minimum Gasteiger partial charge on any atom is -0.497 e. The van der Waals surface area contributed by atoms with Crippen LogP contribution in [0.2, 0.25) is 0 Å². The van der Waals surface area contributed by atoms with Gasteiger partial charge in [-0.25, -0.2) is 0 Å². The lowest BCUT2D eigenvalue weighted by Gasteiger charge is -2.34. The zero-order valence-electron chi connectivity index (χ0n) is 16.4. The van der Waals surface area contributed by atoms with Crippen LogP contribution in [-0.4, -0.2) is 18.0 Å². The number of benzene rings is 2. The predicted octanol–water partition coefficient (Wildman–Crippen LogP) is 4.95. The maximum Gasteiger partial charge on any atom is 0.233 e. The highest BCUT2D eigenvalue weighted by Gasteiger charge is 2.41. The minimum atomic E-state index is -0.202. The van der Waals surface area contributed by atoms with Crippen LogP contribution in [0.25, 0.3) is 0 Å². The number of ketones is 1. The van der Waals surface area contributed by atoms with Crippen LogP contribution in [0, 0.1) is 6.92 Å². The fourth-order valence-corrected chi connectivity index (χ4v) is 4.59. The van der Waals surface area contributed by atoms with Crippen LogP contribution in [0.15, 0.2) is 70.4 Å². The standard InChI is InChI=1S/C24H22N2O3/c1-14-21-22(16-9-6-10-18(11-16)28-2)23-19(25-24(21)29-26-14)12-17(13-20(23)27)15-7-4-3-5-8-15/h3-11,17,22,25H,12-13H2,1-2H3/t17-,22-/m1/s1. The summed E-state index contributed by atoms with van der Waals surface area (Å²) in [5, 5.41) is 7.55. The second-order valence-electron chi connectivity index (χ2n) is 7.68. The van der Waals surface area contributed by atoms with Crippen molar-refractivity contribution in [2.24, 2.45) is 0 Å². The molecule has 1 N–H and O–H groups in total. The summed E-state index contributed by atoms with van der Waals surface area (Å²) in [5.41, 5.74) is 5.69. The summed E-state index contributed by atoms with van der Waals surface area (Å²) in [6, 6.07) is 18.1. The molecule has 29 heavy (non-hydrogen) atoms. The molecule has 0 bridgehead atoms. The van der Waals surface area contributed by atoms with Crippen molar-refractivity contribution in [3.8, 4) is 5.75 Å². The van der Waals surface area contributed by atoms with Gasteiger partial charge < -0.3 is 14.6 Å². The van der Waals surface area contributed by atoms with Gasteiger partial charge in [-0.2, -0.15) is 0 Å². The van der Waals surface area contributed by atoms with Gasteiger partial charge in [0.2, 0.25) is 5.88 Å². The van der Waals surface area contributed by atoms with E-state index in [1.54, 1.807) is 7.11 Å². The maximum absolute atomic E-state index is 13.4. The van der Waals surface area contributed by atoms with E-state index in [1.165, 1.54) is 5.56 Å². The number of methoxy groups -OCH3 is 1. The Morgan fingerprint density at radius 3 is 2.66 bits per heavy atom. The van der Waals surface area contributed by atoms with Crippen molar-refractivity contribution < 1.29 is 14.1 Å². The number of nitrogens with one attached hydrogen (secondary N) is 1. The van der Waals surface area contributed by atoms with Crippen LogP contribution in [0.4, 0.5) is 5.88 Å². The minimum absolute atomic E-state index is 0.159. The summed E-state index contributed by atoms with van der Waals surface area (Å²) < 4.78 is 11.0. The first kappa shape index (κ1) is 17.7. The molecule has 0 fully saturated rings. The van der Waals surface area contributed by atoms with Crippen molar-refractivity contribution in [1.82, 2.24) is 5.16 Å². The van der Waals surface area contributed by atoms with E-state index < -0.39 is 0 Å². The Bertz CT molecular complexity index is 1110. The fourth-order valence-electron chi connectivity index (χ4n) is 4.59. The molecular weight excluding hydrogens is 364 g/mol. The van der Waals surface area contributed by atoms with Crippen LogP contribution in [0.5, 0.6) is 5.75 Å². The summed E-state index contributed by atoms with van der Waals surface area (Å²) >= 11 is 0. The second kappa shape index (κ2) is 6.92. The third-order valence-corrected chi connectivity index (χ3v) is 5.96. The highest BCUT2D eigenvalue weighted by atomic mass is 16.5. The van der Waals surface area contributed by atoms with E-state index in [2.05, 4.69) is 22.6 Å². The molecule has 2 aromatic carbocycles. The third kappa shape index (κ3) is 2.94. The number of aryl methyl sites for hydroxylation is 1. The number of fused-ring (bicyclic) bond motifs is 1. The molecule has 5 heteroatoms. The molecule has 2 heterocycles. The van der Waals surface area contributed by atoms with Crippen molar-refractivity contribution in [1.29, 1.82) is 0 Å². The van der Waals surface area contributed by atoms with Crippen molar-refractivity contribution >= 4 is 11.7 Å². The number of hydrogen-bond acceptors (Lipinski definition) is 5.